The summed E-state index contributed by atoms with van der Waals surface area (Å²) in [6.07, 6.45) is 0.944. The first-order valence-electron chi connectivity index (χ1n) is 5.02. The maximum Gasteiger partial charge on any atom is 0.168 e. The van der Waals surface area contributed by atoms with Crippen molar-refractivity contribution in [1.29, 1.82) is 0 Å². The monoisotopic (exact) mass is 240 g/mol. The molecule has 1 rings (SSSR count). The summed E-state index contributed by atoms with van der Waals surface area (Å²) >= 11 is 0. The van der Waals surface area contributed by atoms with Crippen molar-refractivity contribution >= 4 is 6.29 Å². The molecule has 17 heavy (non-hydrogen) atoms. The van der Waals surface area contributed by atoms with Crippen LogP contribution in [0.5, 0.6) is 23.0 Å². The second-order valence-electron chi connectivity index (χ2n) is 3.20. The van der Waals surface area contributed by atoms with E-state index in [9.17, 15) is 4.79 Å². The Kier molecular flexibility index (Phi) is 4.63. The van der Waals surface area contributed by atoms with E-state index >= 15 is 0 Å². The summed E-state index contributed by atoms with van der Waals surface area (Å²) in [6, 6.07) is 1.66. The molecule has 0 N–H and O–H groups in total. The van der Waals surface area contributed by atoms with Crippen molar-refractivity contribution in [2.45, 2.75) is 6.42 Å². The zero-order chi connectivity index (χ0) is 12.8. The van der Waals surface area contributed by atoms with Gasteiger partial charge in [-0.3, -0.25) is 0 Å². The molecule has 1 aromatic carbocycles. The van der Waals surface area contributed by atoms with Gasteiger partial charge in [-0.2, -0.15) is 0 Å². The predicted molar refractivity (Wildman–Crippen MR) is 62.4 cm³/mol. The van der Waals surface area contributed by atoms with Crippen molar-refractivity contribution in [2.24, 2.45) is 0 Å². The van der Waals surface area contributed by atoms with E-state index in [4.69, 9.17) is 18.9 Å². The van der Waals surface area contributed by atoms with Crippen LogP contribution in [-0.4, -0.2) is 34.7 Å². The molecule has 5 heteroatoms. The third kappa shape index (κ3) is 2.43. The molecular weight excluding hydrogens is 224 g/mol. The number of ether oxygens (including phenoxy) is 4. The molecule has 0 aliphatic rings. The largest absolute Gasteiger partial charge is 0.493 e. The average Bonchev–Trinajstić information content (AvgIpc) is 2.37. The van der Waals surface area contributed by atoms with Gasteiger partial charge in [0, 0.05) is 12.5 Å². The highest BCUT2D eigenvalue weighted by Crippen LogP contribution is 2.44. The molecule has 0 atom stereocenters. The Morgan fingerprint density at radius 3 is 1.71 bits per heavy atom. The SMILES string of the molecule is COc1cc(OC)c(OC)c(CC=O)c1OC. The molecule has 0 bridgehead atoms. The second-order valence-corrected chi connectivity index (χ2v) is 3.20. The highest BCUT2D eigenvalue weighted by atomic mass is 16.5. The van der Waals surface area contributed by atoms with Crippen molar-refractivity contribution in [1.82, 2.24) is 0 Å². The molecular formula is C12H16O5. The van der Waals surface area contributed by atoms with Gasteiger partial charge in [-0.1, -0.05) is 0 Å². The standard InChI is InChI=1S/C12H16O5/c1-14-9-7-10(15-2)12(17-4)8(5-6-13)11(9)16-3/h6-7H,5H2,1-4H3. The third-order valence-electron chi connectivity index (χ3n) is 2.39. The fourth-order valence-corrected chi connectivity index (χ4v) is 1.67. The highest BCUT2D eigenvalue weighted by molar-refractivity contribution is 5.68. The Labute approximate surface area is 100 Å². The Bertz CT molecular complexity index is 370. The van der Waals surface area contributed by atoms with Gasteiger partial charge in [0.2, 0.25) is 0 Å². The Balaban J connectivity index is 3.50. The molecule has 0 radical (unpaired) electrons. The lowest BCUT2D eigenvalue weighted by Crippen LogP contribution is -2.02. The summed E-state index contributed by atoms with van der Waals surface area (Å²) in [5, 5.41) is 0. The number of hydrogen-bond acceptors (Lipinski definition) is 5. The average molecular weight is 240 g/mol. The molecule has 0 aliphatic carbocycles. The fourth-order valence-electron chi connectivity index (χ4n) is 1.67. The number of methoxy groups -OCH3 is 4. The summed E-state index contributed by atoms with van der Waals surface area (Å²) in [4.78, 5) is 10.7. The van der Waals surface area contributed by atoms with E-state index in [2.05, 4.69) is 0 Å². The van der Waals surface area contributed by atoms with Crippen LogP contribution in [0, 0.1) is 0 Å². The molecule has 94 valence electrons. The van der Waals surface area contributed by atoms with Gasteiger partial charge in [-0.25, -0.2) is 0 Å². The van der Waals surface area contributed by atoms with E-state index in [1.807, 2.05) is 0 Å². The van der Waals surface area contributed by atoms with E-state index in [1.165, 1.54) is 28.4 Å². The number of hydrogen-bond donors (Lipinski definition) is 0. The van der Waals surface area contributed by atoms with Crippen LogP contribution in [0.25, 0.3) is 0 Å². The summed E-state index contributed by atoms with van der Waals surface area (Å²) in [7, 11) is 6.07. The summed E-state index contributed by atoms with van der Waals surface area (Å²) in [6.45, 7) is 0. The minimum Gasteiger partial charge on any atom is -0.493 e. The lowest BCUT2D eigenvalue weighted by atomic mass is 10.1. The van der Waals surface area contributed by atoms with Gasteiger partial charge >= 0.3 is 0 Å². The number of carbonyl (C=O) groups excluding carboxylic acids is 1. The molecule has 0 aromatic heterocycles. The quantitative estimate of drug-likeness (QED) is 0.705. The van der Waals surface area contributed by atoms with E-state index in [0.29, 0.717) is 28.6 Å². The highest BCUT2D eigenvalue weighted by Gasteiger charge is 2.20. The minimum absolute atomic E-state index is 0.167. The lowest BCUT2D eigenvalue weighted by molar-refractivity contribution is -0.107. The maximum atomic E-state index is 10.7. The Morgan fingerprint density at radius 1 is 0.941 bits per heavy atom. The third-order valence-corrected chi connectivity index (χ3v) is 2.39. The van der Waals surface area contributed by atoms with Crippen LogP contribution in [0.3, 0.4) is 0 Å². The van der Waals surface area contributed by atoms with Crippen LogP contribution >= 0.6 is 0 Å². The van der Waals surface area contributed by atoms with E-state index in [1.54, 1.807) is 6.07 Å². The topological polar surface area (TPSA) is 54.0 Å². The van der Waals surface area contributed by atoms with Gasteiger partial charge in [-0.05, 0) is 0 Å². The first kappa shape index (κ1) is 13.2. The van der Waals surface area contributed by atoms with E-state index in [0.717, 1.165) is 6.29 Å². The summed E-state index contributed by atoms with van der Waals surface area (Å²) in [5.74, 6) is 1.97. The van der Waals surface area contributed by atoms with E-state index in [-0.39, 0.29) is 6.42 Å². The zero-order valence-corrected chi connectivity index (χ0v) is 10.4. The summed E-state index contributed by atoms with van der Waals surface area (Å²) in [5.41, 5.74) is 0.612. The molecule has 0 saturated carbocycles. The zero-order valence-electron chi connectivity index (χ0n) is 10.4. The van der Waals surface area contributed by atoms with Crippen LogP contribution in [0.2, 0.25) is 0 Å². The number of aldehydes is 1. The first-order chi connectivity index (χ1) is 8.23. The van der Waals surface area contributed by atoms with Crippen molar-refractivity contribution in [3.63, 3.8) is 0 Å². The van der Waals surface area contributed by atoms with Crippen molar-refractivity contribution < 1.29 is 23.7 Å². The number of carbonyl (C=O) groups is 1. The van der Waals surface area contributed by atoms with Gasteiger partial charge in [-0.15, -0.1) is 0 Å². The number of rotatable bonds is 6. The lowest BCUT2D eigenvalue weighted by Gasteiger charge is -2.17. The van der Waals surface area contributed by atoms with Crippen LogP contribution in [0.1, 0.15) is 5.56 Å². The molecule has 0 amide bonds. The van der Waals surface area contributed by atoms with Gasteiger partial charge in [0.05, 0.1) is 34.0 Å². The normalized spacial score (nSPS) is 9.65. The Morgan fingerprint density at radius 2 is 1.41 bits per heavy atom. The van der Waals surface area contributed by atoms with Gasteiger partial charge in [0.1, 0.15) is 6.29 Å². The van der Waals surface area contributed by atoms with Crippen LogP contribution < -0.4 is 18.9 Å². The molecule has 0 heterocycles. The molecule has 1 aromatic rings. The second kappa shape index (κ2) is 5.98. The first-order valence-corrected chi connectivity index (χ1v) is 5.02. The van der Waals surface area contributed by atoms with Crippen LogP contribution in [-0.2, 0) is 11.2 Å². The molecule has 5 nitrogen and oxygen atoms in total. The molecule has 0 fully saturated rings. The molecule has 0 saturated heterocycles. The van der Waals surface area contributed by atoms with Gasteiger partial charge in [0.25, 0.3) is 0 Å². The van der Waals surface area contributed by atoms with E-state index < -0.39 is 0 Å². The minimum atomic E-state index is 0.167. The molecule has 0 unspecified atom stereocenters. The van der Waals surface area contributed by atoms with Crippen molar-refractivity contribution in [2.75, 3.05) is 28.4 Å². The molecule has 0 spiro atoms. The smallest absolute Gasteiger partial charge is 0.168 e. The Hall–Kier alpha value is -1.91. The predicted octanol–water partition coefficient (Wildman–Crippen LogP) is 1.46. The van der Waals surface area contributed by atoms with Crippen LogP contribution in [0.4, 0.5) is 0 Å². The number of benzene rings is 1. The molecule has 0 aliphatic heterocycles. The maximum absolute atomic E-state index is 10.7. The summed E-state index contributed by atoms with van der Waals surface area (Å²) < 4.78 is 20.9. The fraction of sp³-hybridized carbons (Fsp3) is 0.417. The van der Waals surface area contributed by atoms with Crippen molar-refractivity contribution in [3.8, 4) is 23.0 Å². The van der Waals surface area contributed by atoms with Gasteiger partial charge < -0.3 is 23.7 Å². The van der Waals surface area contributed by atoms with Crippen molar-refractivity contribution in [3.05, 3.63) is 11.6 Å². The van der Waals surface area contributed by atoms with Crippen LogP contribution in [0.15, 0.2) is 6.07 Å². The van der Waals surface area contributed by atoms with Gasteiger partial charge in [0.15, 0.2) is 23.0 Å².